The number of carbonyl (C=O) groups excluding carboxylic acids is 2. The molecule has 2 rings (SSSR count). The quantitative estimate of drug-likeness (QED) is 0.638. The van der Waals surface area contributed by atoms with Crippen molar-refractivity contribution in [2.45, 2.75) is 13.5 Å². The van der Waals surface area contributed by atoms with E-state index in [0.717, 1.165) is 0 Å². The zero-order valence-electron chi connectivity index (χ0n) is 11.6. The van der Waals surface area contributed by atoms with Crippen LogP contribution in [0.25, 0.3) is 0 Å². The summed E-state index contributed by atoms with van der Waals surface area (Å²) in [4.78, 5) is 23.3. The van der Waals surface area contributed by atoms with Crippen molar-refractivity contribution in [2.75, 3.05) is 17.7 Å². The van der Waals surface area contributed by atoms with Crippen LogP contribution in [0.15, 0.2) is 36.7 Å². The summed E-state index contributed by atoms with van der Waals surface area (Å²) in [6.45, 7) is 2.02. The number of nitrogens with one attached hydrogen (secondary N) is 1. The smallest absolute Gasteiger partial charge is 0.341 e. The number of benzene rings is 1. The van der Waals surface area contributed by atoms with E-state index in [2.05, 4.69) is 10.4 Å². The summed E-state index contributed by atoms with van der Waals surface area (Å²) in [6, 6.07) is 6.81. The number of rotatable bonds is 5. The molecule has 0 radical (unpaired) electrons. The van der Waals surface area contributed by atoms with Gasteiger partial charge in [0.25, 0.3) is 0 Å². The van der Waals surface area contributed by atoms with E-state index >= 15 is 0 Å². The summed E-state index contributed by atoms with van der Waals surface area (Å²) in [5.41, 5.74) is 7.15. The van der Waals surface area contributed by atoms with Crippen molar-refractivity contribution in [3.05, 3.63) is 42.2 Å². The zero-order valence-corrected chi connectivity index (χ0v) is 11.6. The van der Waals surface area contributed by atoms with Crippen molar-refractivity contribution < 1.29 is 14.3 Å². The Morgan fingerprint density at radius 2 is 2.05 bits per heavy atom. The van der Waals surface area contributed by atoms with Crippen molar-refractivity contribution in [1.82, 2.24) is 9.78 Å². The lowest BCUT2D eigenvalue weighted by Gasteiger charge is -2.05. The lowest BCUT2D eigenvalue weighted by atomic mass is 10.3. The van der Waals surface area contributed by atoms with Gasteiger partial charge in [-0.2, -0.15) is 5.10 Å². The third kappa shape index (κ3) is 4.07. The molecule has 0 unspecified atom stereocenters. The topological polar surface area (TPSA) is 99.2 Å². The molecule has 0 aliphatic carbocycles. The van der Waals surface area contributed by atoms with Crippen LogP contribution in [-0.4, -0.2) is 28.3 Å². The molecular formula is C14H16N4O3. The average molecular weight is 288 g/mol. The van der Waals surface area contributed by atoms with Crippen molar-refractivity contribution >= 4 is 23.3 Å². The van der Waals surface area contributed by atoms with Gasteiger partial charge in [-0.3, -0.25) is 9.48 Å². The van der Waals surface area contributed by atoms with Crippen LogP contribution >= 0.6 is 0 Å². The summed E-state index contributed by atoms with van der Waals surface area (Å²) in [7, 11) is 0. The molecule has 1 aromatic carbocycles. The second-order valence-electron chi connectivity index (χ2n) is 4.32. The lowest BCUT2D eigenvalue weighted by Crippen LogP contribution is -2.19. The largest absolute Gasteiger partial charge is 0.462 e. The van der Waals surface area contributed by atoms with Crippen LogP contribution in [0.5, 0.6) is 0 Å². The van der Waals surface area contributed by atoms with Gasteiger partial charge in [0.15, 0.2) is 0 Å². The van der Waals surface area contributed by atoms with Gasteiger partial charge in [-0.25, -0.2) is 4.79 Å². The molecule has 21 heavy (non-hydrogen) atoms. The number of nitrogens with two attached hydrogens (primary N) is 1. The van der Waals surface area contributed by atoms with Crippen LogP contribution < -0.4 is 11.1 Å². The molecule has 0 saturated heterocycles. The van der Waals surface area contributed by atoms with Gasteiger partial charge in [0, 0.05) is 17.6 Å². The molecule has 3 N–H and O–H groups in total. The highest BCUT2D eigenvalue weighted by Crippen LogP contribution is 2.10. The minimum absolute atomic E-state index is 0.00375. The summed E-state index contributed by atoms with van der Waals surface area (Å²) in [6.07, 6.45) is 2.84. The van der Waals surface area contributed by atoms with Crippen LogP contribution in [0.1, 0.15) is 17.3 Å². The molecule has 1 aromatic heterocycles. The standard InChI is InChI=1S/C14H16N4O3/c1-2-21-14(20)10-7-16-18(8-10)9-13(19)17-12-5-3-11(15)4-6-12/h3-8H,2,9,15H2,1H3,(H,17,19). The lowest BCUT2D eigenvalue weighted by molar-refractivity contribution is -0.116. The molecule has 110 valence electrons. The number of nitrogens with zero attached hydrogens (tertiary/aromatic N) is 2. The minimum atomic E-state index is -0.456. The van der Waals surface area contributed by atoms with E-state index in [0.29, 0.717) is 23.5 Å². The molecule has 0 atom stereocenters. The predicted octanol–water partition coefficient (Wildman–Crippen LogP) is 1.28. The van der Waals surface area contributed by atoms with Gasteiger partial charge in [-0.15, -0.1) is 0 Å². The molecule has 1 amide bonds. The van der Waals surface area contributed by atoms with Crippen LogP contribution in [0.2, 0.25) is 0 Å². The Balaban J connectivity index is 1.93. The van der Waals surface area contributed by atoms with Gasteiger partial charge in [0.05, 0.1) is 18.4 Å². The molecule has 2 aromatic rings. The van der Waals surface area contributed by atoms with Crippen molar-refractivity contribution in [3.63, 3.8) is 0 Å². The number of esters is 1. The number of carbonyl (C=O) groups is 2. The van der Waals surface area contributed by atoms with Crippen molar-refractivity contribution in [1.29, 1.82) is 0 Å². The Morgan fingerprint density at radius 1 is 1.33 bits per heavy atom. The number of ether oxygens (including phenoxy) is 1. The fourth-order valence-electron chi connectivity index (χ4n) is 1.68. The van der Waals surface area contributed by atoms with E-state index in [1.165, 1.54) is 17.1 Å². The van der Waals surface area contributed by atoms with Gasteiger partial charge >= 0.3 is 5.97 Å². The Hall–Kier alpha value is -2.83. The van der Waals surface area contributed by atoms with Crippen molar-refractivity contribution in [2.24, 2.45) is 0 Å². The van der Waals surface area contributed by atoms with Gasteiger partial charge in [0.2, 0.25) is 5.91 Å². The number of hydrogen-bond acceptors (Lipinski definition) is 5. The summed E-state index contributed by atoms with van der Waals surface area (Å²) >= 11 is 0. The minimum Gasteiger partial charge on any atom is -0.462 e. The van der Waals surface area contributed by atoms with Crippen molar-refractivity contribution in [3.8, 4) is 0 Å². The highest BCUT2D eigenvalue weighted by molar-refractivity contribution is 5.91. The summed E-state index contributed by atoms with van der Waals surface area (Å²) in [5.74, 6) is -0.707. The molecular weight excluding hydrogens is 272 g/mol. The van der Waals surface area contributed by atoms with E-state index in [1.807, 2.05) is 0 Å². The Kier molecular flexibility index (Phi) is 4.55. The number of nitrogen functional groups attached to an aromatic ring is 1. The van der Waals surface area contributed by atoms with E-state index in [-0.39, 0.29) is 12.5 Å². The average Bonchev–Trinajstić information content (AvgIpc) is 2.90. The Bertz CT molecular complexity index is 634. The third-order valence-electron chi connectivity index (χ3n) is 2.64. The molecule has 0 bridgehead atoms. The van der Waals surface area contributed by atoms with Gasteiger partial charge < -0.3 is 15.8 Å². The normalized spacial score (nSPS) is 10.1. The zero-order chi connectivity index (χ0) is 15.2. The maximum absolute atomic E-state index is 11.9. The first-order chi connectivity index (χ1) is 10.1. The first-order valence-corrected chi connectivity index (χ1v) is 6.43. The number of amides is 1. The maximum atomic E-state index is 11.9. The summed E-state index contributed by atoms with van der Waals surface area (Å²) in [5, 5.41) is 6.66. The molecule has 0 saturated carbocycles. The van der Waals surface area contributed by atoms with E-state index in [4.69, 9.17) is 10.5 Å². The van der Waals surface area contributed by atoms with Crippen LogP contribution in [0.3, 0.4) is 0 Å². The van der Waals surface area contributed by atoms with Gasteiger partial charge in [-0.05, 0) is 31.2 Å². The SMILES string of the molecule is CCOC(=O)c1cnn(CC(=O)Nc2ccc(N)cc2)c1. The monoisotopic (exact) mass is 288 g/mol. The Morgan fingerprint density at radius 3 is 2.71 bits per heavy atom. The molecule has 0 aliphatic rings. The number of aromatic nitrogens is 2. The van der Waals surface area contributed by atoms with Gasteiger partial charge in [-0.1, -0.05) is 0 Å². The predicted molar refractivity (Wildman–Crippen MR) is 77.7 cm³/mol. The molecule has 1 heterocycles. The highest BCUT2D eigenvalue weighted by atomic mass is 16.5. The summed E-state index contributed by atoms with van der Waals surface area (Å²) < 4.78 is 6.22. The first kappa shape index (κ1) is 14.6. The van der Waals surface area contributed by atoms with Gasteiger partial charge in [0.1, 0.15) is 6.54 Å². The number of anilines is 2. The highest BCUT2D eigenvalue weighted by Gasteiger charge is 2.11. The van der Waals surface area contributed by atoms with E-state index in [9.17, 15) is 9.59 Å². The molecule has 0 aliphatic heterocycles. The van der Waals surface area contributed by atoms with Crippen LogP contribution in [-0.2, 0) is 16.1 Å². The molecule has 0 fully saturated rings. The molecule has 7 nitrogen and oxygen atoms in total. The van der Waals surface area contributed by atoms with Crippen LogP contribution in [0.4, 0.5) is 11.4 Å². The second-order valence-corrected chi connectivity index (χ2v) is 4.32. The number of hydrogen-bond donors (Lipinski definition) is 2. The fraction of sp³-hybridized carbons (Fsp3) is 0.214. The van der Waals surface area contributed by atoms with Crippen LogP contribution in [0, 0.1) is 0 Å². The molecule has 7 heteroatoms. The van der Waals surface area contributed by atoms with E-state index in [1.54, 1.807) is 31.2 Å². The fourth-order valence-corrected chi connectivity index (χ4v) is 1.68. The third-order valence-corrected chi connectivity index (χ3v) is 2.64. The van der Waals surface area contributed by atoms with E-state index < -0.39 is 5.97 Å². The first-order valence-electron chi connectivity index (χ1n) is 6.43. The Labute approximate surface area is 121 Å². The second kappa shape index (κ2) is 6.56. The molecule has 0 spiro atoms. The maximum Gasteiger partial charge on any atom is 0.341 e.